The molecule has 76 valence electrons. The number of aryl methyl sites for hydroxylation is 2. The van der Waals surface area contributed by atoms with E-state index in [-0.39, 0.29) is 0 Å². The third kappa shape index (κ3) is 3.64. The van der Waals surface area contributed by atoms with E-state index in [1.165, 1.54) is 16.0 Å². The normalized spacial score (nSPS) is 10.2. The quantitative estimate of drug-likeness (QED) is 0.556. The molecule has 0 nitrogen and oxygen atoms in total. The van der Waals surface area contributed by atoms with Gasteiger partial charge < -0.3 is 0 Å². The maximum Gasteiger partial charge on any atom is 0.109 e. The van der Waals surface area contributed by atoms with Crippen molar-refractivity contribution in [2.24, 2.45) is 0 Å². The first-order chi connectivity index (χ1) is 6.63. The molecule has 0 spiro atoms. The number of rotatable bonds is 2. The third-order valence-electron chi connectivity index (χ3n) is 1.80. The molecule has 0 aliphatic rings. The van der Waals surface area contributed by atoms with Gasteiger partial charge in [0, 0.05) is 4.90 Å². The Morgan fingerprint density at radius 1 is 1.36 bits per heavy atom. The number of hydrogen-bond acceptors (Lipinski definition) is 3. The standard InChI is InChI=1S/C11H14S3/c1-4-13-11(12)14-10-7-8(2)5-6-9(10)3/h5-7H,4H2,1-3H3. The Kier molecular flexibility index (Phi) is 4.99. The van der Waals surface area contributed by atoms with Crippen LogP contribution in [-0.2, 0) is 0 Å². The highest BCUT2D eigenvalue weighted by molar-refractivity contribution is 8.47. The summed E-state index contributed by atoms with van der Waals surface area (Å²) in [5, 5.41) is 0. The van der Waals surface area contributed by atoms with Gasteiger partial charge in [-0.25, -0.2) is 0 Å². The van der Waals surface area contributed by atoms with Crippen molar-refractivity contribution >= 4 is 39.3 Å². The van der Waals surface area contributed by atoms with Gasteiger partial charge in [0.15, 0.2) is 0 Å². The Balaban J connectivity index is 2.75. The molecule has 0 amide bonds. The van der Waals surface area contributed by atoms with Crippen molar-refractivity contribution in [2.45, 2.75) is 25.7 Å². The van der Waals surface area contributed by atoms with Gasteiger partial charge in [-0.2, -0.15) is 0 Å². The zero-order valence-electron chi connectivity index (χ0n) is 8.66. The summed E-state index contributed by atoms with van der Waals surface area (Å²) < 4.78 is 1.02. The lowest BCUT2D eigenvalue weighted by Gasteiger charge is -2.06. The van der Waals surface area contributed by atoms with Gasteiger partial charge in [-0.05, 0) is 36.8 Å². The zero-order valence-corrected chi connectivity index (χ0v) is 11.1. The van der Waals surface area contributed by atoms with Crippen molar-refractivity contribution in [2.75, 3.05) is 5.75 Å². The zero-order chi connectivity index (χ0) is 10.6. The van der Waals surface area contributed by atoms with Gasteiger partial charge in [-0.3, -0.25) is 0 Å². The Labute approximate surface area is 99.9 Å². The van der Waals surface area contributed by atoms with E-state index in [1.54, 1.807) is 23.5 Å². The van der Waals surface area contributed by atoms with Gasteiger partial charge in [0.2, 0.25) is 0 Å². The number of thioether (sulfide) groups is 2. The van der Waals surface area contributed by atoms with E-state index in [1.807, 2.05) is 0 Å². The average Bonchev–Trinajstić information content (AvgIpc) is 2.12. The Morgan fingerprint density at radius 3 is 2.71 bits per heavy atom. The lowest BCUT2D eigenvalue weighted by atomic mass is 10.2. The van der Waals surface area contributed by atoms with Crippen LogP contribution in [0.4, 0.5) is 0 Å². The van der Waals surface area contributed by atoms with Crippen LogP contribution in [0.25, 0.3) is 0 Å². The Hall–Kier alpha value is 0.01000. The monoisotopic (exact) mass is 242 g/mol. The van der Waals surface area contributed by atoms with Crippen molar-refractivity contribution in [1.29, 1.82) is 0 Å². The van der Waals surface area contributed by atoms with Crippen LogP contribution in [-0.4, -0.2) is 9.28 Å². The molecule has 3 heteroatoms. The summed E-state index contributed by atoms with van der Waals surface area (Å²) in [4.78, 5) is 1.29. The first kappa shape index (κ1) is 12.1. The first-order valence-corrected chi connectivity index (χ1v) is 6.76. The molecule has 0 saturated carbocycles. The van der Waals surface area contributed by atoms with E-state index in [0.717, 1.165) is 9.28 Å². The van der Waals surface area contributed by atoms with Crippen LogP contribution >= 0.6 is 35.7 Å². The molecule has 1 rings (SSSR count). The van der Waals surface area contributed by atoms with Crippen molar-refractivity contribution in [3.8, 4) is 0 Å². The Morgan fingerprint density at radius 2 is 2.07 bits per heavy atom. The number of hydrogen-bond donors (Lipinski definition) is 0. The molecule has 0 aromatic heterocycles. The van der Waals surface area contributed by atoms with Crippen molar-refractivity contribution in [3.05, 3.63) is 29.3 Å². The maximum absolute atomic E-state index is 5.26. The van der Waals surface area contributed by atoms with E-state index < -0.39 is 0 Å². The fourth-order valence-electron chi connectivity index (χ4n) is 1.05. The minimum absolute atomic E-state index is 1.02. The Bertz CT molecular complexity index is 331. The van der Waals surface area contributed by atoms with Gasteiger partial charge in [0.25, 0.3) is 0 Å². The summed E-state index contributed by atoms with van der Waals surface area (Å²) in [7, 11) is 0. The predicted octanol–water partition coefficient (Wildman–Crippen LogP) is 4.43. The maximum atomic E-state index is 5.26. The molecular weight excluding hydrogens is 228 g/mol. The molecule has 1 aromatic rings. The van der Waals surface area contributed by atoms with Crippen LogP contribution in [0, 0.1) is 13.8 Å². The number of thiocarbonyl (C=S) groups is 1. The largest absolute Gasteiger partial charge is 0.109 e. The summed E-state index contributed by atoms with van der Waals surface area (Å²) in [6.45, 7) is 6.36. The SMILES string of the molecule is CCSC(=S)Sc1cc(C)ccc1C. The molecule has 1 aromatic carbocycles. The van der Waals surface area contributed by atoms with Crippen molar-refractivity contribution < 1.29 is 0 Å². The molecule has 0 aliphatic carbocycles. The molecule has 0 aliphatic heterocycles. The summed E-state index contributed by atoms with van der Waals surface area (Å²) in [6.07, 6.45) is 0. The molecule has 0 bridgehead atoms. The van der Waals surface area contributed by atoms with Gasteiger partial charge in [-0.15, -0.1) is 11.8 Å². The smallest absolute Gasteiger partial charge is 0.108 e. The highest BCUT2D eigenvalue weighted by Gasteiger charge is 2.03. The lowest BCUT2D eigenvalue weighted by Crippen LogP contribution is -1.86. The molecule has 0 heterocycles. The van der Waals surface area contributed by atoms with Crippen LogP contribution in [0.5, 0.6) is 0 Å². The third-order valence-corrected chi connectivity index (χ3v) is 4.36. The summed E-state index contributed by atoms with van der Waals surface area (Å²) in [5.41, 5.74) is 2.60. The van der Waals surface area contributed by atoms with Gasteiger partial charge in [0.05, 0.1) is 0 Å². The summed E-state index contributed by atoms with van der Waals surface area (Å²) >= 11 is 8.70. The van der Waals surface area contributed by atoms with E-state index in [2.05, 4.69) is 39.0 Å². The molecule has 0 atom stereocenters. The fourth-order valence-corrected chi connectivity index (χ4v) is 3.42. The lowest BCUT2D eigenvalue weighted by molar-refractivity contribution is 1.27. The minimum atomic E-state index is 1.02. The second kappa shape index (κ2) is 5.79. The van der Waals surface area contributed by atoms with E-state index in [9.17, 15) is 0 Å². The van der Waals surface area contributed by atoms with Gasteiger partial charge in [0.1, 0.15) is 3.53 Å². The molecule has 0 N–H and O–H groups in total. The average molecular weight is 242 g/mol. The van der Waals surface area contributed by atoms with Crippen LogP contribution in [0.3, 0.4) is 0 Å². The molecule has 0 fully saturated rings. The van der Waals surface area contributed by atoms with Crippen LogP contribution in [0.15, 0.2) is 23.1 Å². The van der Waals surface area contributed by atoms with E-state index >= 15 is 0 Å². The van der Waals surface area contributed by atoms with Crippen molar-refractivity contribution in [3.63, 3.8) is 0 Å². The predicted molar refractivity (Wildman–Crippen MR) is 72.5 cm³/mol. The minimum Gasteiger partial charge on any atom is -0.108 e. The van der Waals surface area contributed by atoms with Crippen LogP contribution in [0.2, 0.25) is 0 Å². The van der Waals surface area contributed by atoms with Crippen LogP contribution in [0.1, 0.15) is 18.1 Å². The summed E-state index contributed by atoms with van der Waals surface area (Å²) in [5.74, 6) is 1.05. The molecular formula is C11H14S3. The summed E-state index contributed by atoms with van der Waals surface area (Å²) in [6, 6.07) is 6.48. The van der Waals surface area contributed by atoms with Crippen molar-refractivity contribution in [1.82, 2.24) is 0 Å². The molecule has 0 radical (unpaired) electrons. The fraction of sp³-hybridized carbons (Fsp3) is 0.364. The van der Waals surface area contributed by atoms with Gasteiger partial charge in [-0.1, -0.05) is 43.0 Å². The van der Waals surface area contributed by atoms with E-state index in [0.29, 0.717) is 0 Å². The molecule has 0 unspecified atom stereocenters. The van der Waals surface area contributed by atoms with E-state index in [4.69, 9.17) is 12.2 Å². The molecule has 14 heavy (non-hydrogen) atoms. The molecule has 0 saturated heterocycles. The highest BCUT2D eigenvalue weighted by Crippen LogP contribution is 2.29. The van der Waals surface area contributed by atoms with Crippen LogP contribution < -0.4 is 0 Å². The topological polar surface area (TPSA) is 0 Å². The van der Waals surface area contributed by atoms with Gasteiger partial charge >= 0.3 is 0 Å². The second-order valence-electron chi connectivity index (χ2n) is 3.05. The number of benzene rings is 1. The first-order valence-electron chi connectivity index (χ1n) is 4.55. The highest BCUT2D eigenvalue weighted by atomic mass is 32.2. The second-order valence-corrected chi connectivity index (χ2v) is 6.56.